The fourth-order valence-electron chi connectivity index (χ4n) is 12.5. The molecule has 0 aliphatic carbocycles. The smallest absolute Gasteiger partial charge is 0.249 e. The van der Waals surface area contributed by atoms with Gasteiger partial charge < -0.3 is 95.4 Å². The molecule has 480 valence electrons. The minimum Gasteiger partial charge on any atom is -0.493 e. The highest BCUT2D eigenvalue weighted by atomic mass is 16.6. The monoisotopic (exact) mass is 1230 g/mol. The molecule has 24 heteroatoms. The zero-order valence-electron chi connectivity index (χ0n) is 51.9. The van der Waals surface area contributed by atoms with Gasteiger partial charge in [0.05, 0.1) is 160 Å². The normalized spacial score (nSPS) is 22.0. The van der Waals surface area contributed by atoms with E-state index in [0.29, 0.717) is 97.9 Å². The molecule has 4 amide bonds. The number of hydrogen-bond acceptors (Lipinski definition) is 20. The molecule has 0 saturated carbocycles. The zero-order valence-corrected chi connectivity index (χ0v) is 51.9. The Labute approximate surface area is 514 Å². The summed E-state index contributed by atoms with van der Waals surface area (Å²) in [5, 5.41) is 0. The van der Waals surface area contributed by atoms with E-state index in [1.54, 1.807) is 76.5 Å². The number of carbonyl (C=O) groups is 4. The second kappa shape index (κ2) is 31.8. The highest BCUT2D eigenvalue weighted by Gasteiger charge is 2.47. The van der Waals surface area contributed by atoms with Crippen LogP contribution >= 0.6 is 0 Å². The SMILES string of the molecule is COc1cc2c(cc1OC)[C@H]1[C@@H]3c4cc(OC)c(OC)cc4CCN3C(=O)COCCOCCOCCOCC(=O)N3CCc4cc(OC)c(OC)cc4[C@H]3[C@@H]3c4cc(OC)c(OC)cc4CCN3C(=O)COCCOCCOCCOCC(=O)N1CC2. The van der Waals surface area contributed by atoms with Crippen molar-refractivity contribution < 1.29 is 95.0 Å². The highest BCUT2D eigenvalue weighted by molar-refractivity contribution is 5.82. The number of hydrogen-bond donors (Lipinski definition) is 0. The van der Waals surface area contributed by atoms with Crippen LogP contribution in [0.4, 0.5) is 0 Å². The van der Waals surface area contributed by atoms with E-state index >= 15 is 0 Å². The molecule has 0 N–H and O–H groups in total. The Hall–Kier alpha value is -7.16. The average molecular weight is 1230 g/mol. The number of methoxy groups -OCH3 is 8. The van der Waals surface area contributed by atoms with Gasteiger partial charge in [-0.05, 0) is 119 Å². The summed E-state index contributed by atoms with van der Waals surface area (Å²) < 4.78 is 93.5. The largest absolute Gasteiger partial charge is 0.493 e. The Morgan fingerprint density at radius 2 is 0.443 bits per heavy atom. The van der Waals surface area contributed by atoms with Crippen LogP contribution in [0.2, 0.25) is 0 Å². The van der Waals surface area contributed by atoms with Crippen LogP contribution in [-0.4, -0.2) is 232 Å². The number of benzene rings is 4. The number of carbonyl (C=O) groups excluding carboxylic acids is 4. The Morgan fingerprint density at radius 3 is 0.625 bits per heavy atom. The third kappa shape index (κ3) is 14.9. The number of amides is 4. The summed E-state index contributed by atoms with van der Waals surface area (Å²) in [6, 6.07) is 12.5. The number of nitrogens with zero attached hydrogens (tertiary/aromatic N) is 4. The van der Waals surface area contributed by atoms with Crippen molar-refractivity contribution in [3.8, 4) is 46.0 Å². The van der Waals surface area contributed by atoms with Crippen LogP contribution in [0, 0.1) is 0 Å². The molecule has 1 saturated heterocycles. The first-order valence-electron chi connectivity index (χ1n) is 29.8. The topological polar surface area (TPSA) is 229 Å². The van der Waals surface area contributed by atoms with Crippen molar-refractivity contribution in [2.75, 3.05) is 189 Å². The van der Waals surface area contributed by atoms with Crippen molar-refractivity contribution in [1.29, 1.82) is 0 Å². The first-order chi connectivity index (χ1) is 43.0. The van der Waals surface area contributed by atoms with Gasteiger partial charge in [-0.3, -0.25) is 19.2 Å². The van der Waals surface area contributed by atoms with Crippen LogP contribution in [-0.2, 0) is 82.8 Å². The van der Waals surface area contributed by atoms with Gasteiger partial charge in [0.2, 0.25) is 23.6 Å². The molecule has 9 rings (SSSR count). The Kier molecular flexibility index (Phi) is 23.6. The molecule has 0 bridgehead atoms. The first kappa shape index (κ1) is 65.3. The third-order valence-corrected chi connectivity index (χ3v) is 16.7. The molecule has 4 atom stereocenters. The van der Waals surface area contributed by atoms with E-state index in [-0.39, 0.29) is 129 Å². The van der Waals surface area contributed by atoms with Gasteiger partial charge in [-0.1, -0.05) is 0 Å². The molecule has 0 aromatic heterocycles. The van der Waals surface area contributed by atoms with Crippen LogP contribution in [0.5, 0.6) is 46.0 Å². The van der Waals surface area contributed by atoms with Gasteiger partial charge in [-0.15, -0.1) is 0 Å². The van der Waals surface area contributed by atoms with Crippen molar-refractivity contribution in [3.63, 3.8) is 0 Å². The lowest BCUT2D eigenvalue weighted by Crippen LogP contribution is -2.52. The predicted molar refractivity (Wildman–Crippen MR) is 317 cm³/mol. The van der Waals surface area contributed by atoms with Crippen LogP contribution < -0.4 is 37.9 Å². The van der Waals surface area contributed by atoms with E-state index in [1.165, 1.54) is 0 Å². The van der Waals surface area contributed by atoms with Gasteiger partial charge in [-0.2, -0.15) is 0 Å². The Bertz CT molecular complexity index is 2640. The van der Waals surface area contributed by atoms with Gasteiger partial charge in [0.25, 0.3) is 0 Å². The van der Waals surface area contributed by atoms with E-state index < -0.39 is 24.2 Å². The second-order valence-corrected chi connectivity index (χ2v) is 21.4. The quantitative estimate of drug-likeness (QED) is 0.233. The maximum Gasteiger partial charge on any atom is 0.249 e. The van der Waals surface area contributed by atoms with Gasteiger partial charge in [0.15, 0.2) is 46.0 Å². The summed E-state index contributed by atoms with van der Waals surface area (Å²) in [5.74, 6) is 2.99. The van der Waals surface area contributed by atoms with Crippen LogP contribution in [0.1, 0.15) is 68.7 Å². The second-order valence-electron chi connectivity index (χ2n) is 21.4. The minimum atomic E-state index is -0.702. The predicted octanol–water partition coefficient (Wildman–Crippen LogP) is 4.71. The summed E-state index contributed by atoms with van der Waals surface area (Å²) in [4.78, 5) is 65.6. The molecule has 24 nitrogen and oxygen atoms in total. The van der Waals surface area contributed by atoms with Gasteiger partial charge >= 0.3 is 0 Å². The van der Waals surface area contributed by atoms with E-state index in [1.807, 2.05) is 48.5 Å². The lowest BCUT2D eigenvalue weighted by molar-refractivity contribution is -0.148. The molecule has 5 aliphatic heterocycles. The van der Waals surface area contributed by atoms with Crippen molar-refractivity contribution in [2.45, 2.75) is 49.9 Å². The number of fused-ring (bicyclic) bond motifs is 14. The molecule has 88 heavy (non-hydrogen) atoms. The van der Waals surface area contributed by atoms with Crippen LogP contribution in [0.3, 0.4) is 0 Å². The average Bonchev–Trinajstić information content (AvgIpc) is 1.07. The van der Waals surface area contributed by atoms with Gasteiger partial charge in [0.1, 0.15) is 26.4 Å². The zero-order chi connectivity index (χ0) is 62.1. The summed E-state index contributed by atoms with van der Waals surface area (Å²) in [6.07, 6.45) is 2.03. The summed E-state index contributed by atoms with van der Waals surface area (Å²) >= 11 is 0. The maximum absolute atomic E-state index is 14.6. The highest BCUT2D eigenvalue weighted by Crippen LogP contribution is 2.52. The minimum absolute atomic E-state index is 0.120. The first-order valence-corrected chi connectivity index (χ1v) is 29.8. The van der Waals surface area contributed by atoms with Crippen molar-refractivity contribution >= 4 is 23.6 Å². The number of rotatable bonds is 8. The Morgan fingerprint density at radius 1 is 0.273 bits per heavy atom. The summed E-state index contributed by atoms with van der Waals surface area (Å²) in [6.45, 7) is 2.46. The third-order valence-electron chi connectivity index (χ3n) is 16.7. The maximum atomic E-state index is 14.6. The standard InChI is InChI=1S/C64H84N4O20/c1-73-49-29-41-9-13-65-57(69)37-85-25-21-81-17-18-83-23-27-87-39-59(71)67-15-11-43-31-51(75-3)55(79-7)35-47(43)63(67)64-48-36-56(80-8)52(76-4)32-44(48)12-16-68(64)60(72)40-88-28-24-84-20-19-82-22-26-86-38-58(70)66-14-10-42-30-50(74-2)54(78-6)34-46(42)62(66)61(65)45(41)33-53(49)77-5/h29-36,61-64H,9-28,37-40H2,1-8H3/t61-,62-,63-,64-/m0/s1. The molecule has 0 spiro atoms. The molecule has 5 aliphatic rings. The van der Waals surface area contributed by atoms with Crippen molar-refractivity contribution in [1.82, 2.24) is 19.6 Å². The van der Waals surface area contributed by atoms with Crippen molar-refractivity contribution in [3.05, 3.63) is 93.0 Å². The fraction of sp³-hybridized carbons (Fsp3) is 0.562. The molecule has 4 aromatic rings. The van der Waals surface area contributed by atoms with Gasteiger partial charge in [0, 0.05) is 26.2 Å². The lowest BCUT2D eigenvalue weighted by Gasteiger charge is -2.48. The van der Waals surface area contributed by atoms with Gasteiger partial charge in [-0.25, -0.2) is 0 Å². The Balaban J connectivity index is 0.918. The van der Waals surface area contributed by atoms with Crippen LogP contribution in [0.25, 0.3) is 0 Å². The molecular weight excluding hydrogens is 1140 g/mol. The van der Waals surface area contributed by atoms with E-state index in [9.17, 15) is 19.2 Å². The van der Waals surface area contributed by atoms with E-state index in [2.05, 4.69) is 0 Å². The number of ether oxygens (including phenoxy) is 16. The van der Waals surface area contributed by atoms with Crippen molar-refractivity contribution in [2.24, 2.45) is 0 Å². The van der Waals surface area contributed by atoms with Crippen LogP contribution in [0.15, 0.2) is 48.5 Å². The molecule has 0 unspecified atom stereocenters. The molecule has 1 fully saturated rings. The molecular formula is C64H84N4O20. The van der Waals surface area contributed by atoms with E-state index in [4.69, 9.17) is 75.8 Å². The molecule has 5 heterocycles. The summed E-state index contributed by atoms with van der Waals surface area (Å²) in [5.41, 5.74) is 6.96. The molecule has 4 aromatic carbocycles. The molecule has 0 radical (unpaired) electrons. The van der Waals surface area contributed by atoms with E-state index in [0.717, 1.165) is 44.5 Å². The fourth-order valence-corrected chi connectivity index (χ4v) is 12.5. The lowest BCUT2D eigenvalue weighted by atomic mass is 9.80. The summed E-state index contributed by atoms with van der Waals surface area (Å²) in [7, 11) is 12.6.